The van der Waals surface area contributed by atoms with Crippen molar-refractivity contribution in [1.29, 1.82) is 0 Å². The minimum atomic E-state index is -0.401. The van der Waals surface area contributed by atoms with E-state index in [0.29, 0.717) is 6.54 Å². The van der Waals surface area contributed by atoms with Gasteiger partial charge in [-0.15, -0.1) is 11.3 Å². The van der Waals surface area contributed by atoms with Gasteiger partial charge in [-0.1, -0.05) is 42.5 Å². The number of nitro groups is 1. The van der Waals surface area contributed by atoms with Gasteiger partial charge in [-0.3, -0.25) is 10.1 Å². The van der Waals surface area contributed by atoms with Crippen LogP contribution in [0.5, 0.6) is 0 Å². The molecule has 4 aromatic rings. The van der Waals surface area contributed by atoms with Gasteiger partial charge in [-0.25, -0.2) is 4.98 Å². The number of nitrogens with zero attached hydrogens (tertiary/aromatic N) is 2. The summed E-state index contributed by atoms with van der Waals surface area (Å²) >= 11 is 1.52. The molecule has 4 rings (SSSR count). The first-order valence-corrected chi connectivity index (χ1v) is 8.99. The van der Waals surface area contributed by atoms with E-state index in [9.17, 15) is 10.1 Å². The number of nitrogens with one attached hydrogen (secondary N) is 1. The molecule has 5 nitrogen and oxygen atoms in total. The predicted octanol–water partition coefficient (Wildman–Crippen LogP) is 5.48. The van der Waals surface area contributed by atoms with E-state index in [1.807, 2.05) is 17.5 Å². The number of fused-ring (bicyclic) bond motifs is 1. The summed E-state index contributed by atoms with van der Waals surface area (Å²) in [6.45, 7) is 0.689. The lowest BCUT2D eigenvalue weighted by Gasteiger charge is -2.07. The molecule has 26 heavy (non-hydrogen) atoms. The molecule has 0 radical (unpaired) electrons. The van der Waals surface area contributed by atoms with Crippen LogP contribution in [0.25, 0.3) is 22.0 Å². The van der Waals surface area contributed by atoms with Gasteiger partial charge < -0.3 is 5.32 Å². The fourth-order valence-corrected chi connectivity index (χ4v) is 3.58. The average Bonchev–Trinajstić information content (AvgIpc) is 3.15. The lowest BCUT2D eigenvalue weighted by Crippen LogP contribution is -1.99. The van der Waals surface area contributed by atoms with E-state index < -0.39 is 4.92 Å². The third-order valence-electron chi connectivity index (χ3n) is 4.19. The van der Waals surface area contributed by atoms with E-state index in [-0.39, 0.29) is 5.69 Å². The van der Waals surface area contributed by atoms with E-state index in [1.54, 1.807) is 12.1 Å². The number of benzene rings is 3. The fraction of sp³-hybridized carbons (Fsp3) is 0.0500. The summed E-state index contributed by atoms with van der Waals surface area (Å²) in [5.41, 5.74) is 2.98. The Hall–Kier alpha value is -3.25. The summed E-state index contributed by atoms with van der Waals surface area (Å²) in [6, 6.07) is 21.0. The number of hydrogen-bond donors (Lipinski definition) is 1. The van der Waals surface area contributed by atoms with Crippen molar-refractivity contribution >= 4 is 32.9 Å². The van der Waals surface area contributed by atoms with Gasteiger partial charge in [0.25, 0.3) is 5.69 Å². The van der Waals surface area contributed by atoms with Crippen LogP contribution in [-0.2, 0) is 6.54 Å². The van der Waals surface area contributed by atoms with E-state index in [4.69, 9.17) is 0 Å². The highest BCUT2D eigenvalue weighted by molar-refractivity contribution is 7.14. The molecule has 6 heteroatoms. The first-order valence-electron chi connectivity index (χ1n) is 8.11. The van der Waals surface area contributed by atoms with Crippen LogP contribution in [-0.4, -0.2) is 9.91 Å². The molecule has 1 aromatic heterocycles. The maximum absolute atomic E-state index is 10.7. The summed E-state index contributed by atoms with van der Waals surface area (Å²) in [5, 5.41) is 19.3. The molecule has 3 aromatic carbocycles. The Morgan fingerprint density at radius 3 is 2.58 bits per heavy atom. The second-order valence-corrected chi connectivity index (χ2v) is 6.69. The van der Waals surface area contributed by atoms with Crippen LogP contribution in [0.2, 0.25) is 0 Å². The van der Waals surface area contributed by atoms with Crippen molar-refractivity contribution in [1.82, 2.24) is 4.98 Å². The molecule has 1 heterocycles. The van der Waals surface area contributed by atoms with Gasteiger partial charge in [0.1, 0.15) is 0 Å². The molecule has 0 aliphatic heterocycles. The Morgan fingerprint density at radius 1 is 1.00 bits per heavy atom. The Labute approximate surface area is 154 Å². The molecule has 0 amide bonds. The standard InChI is InChI=1S/C20H15N3O2S/c24-23(25)17-10-8-15(9-11-17)19-13-26-20(22-19)21-12-16-6-3-5-14-4-1-2-7-18(14)16/h1-11,13H,12H2,(H,21,22). The van der Waals surface area contributed by atoms with Crippen molar-refractivity contribution in [2.24, 2.45) is 0 Å². The number of hydrogen-bond acceptors (Lipinski definition) is 5. The van der Waals surface area contributed by atoms with Gasteiger partial charge in [-0.05, 0) is 28.5 Å². The second kappa shape index (κ2) is 6.93. The third-order valence-corrected chi connectivity index (χ3v) is 4.99. The Balaban J connectivity index is 1.51. The number of thiazole rings is 1. The summed E-state index contributed by atoms with van der Waals surface area (Å²) in [5.74, 6) is 0. The molecule has 0 saturated heterocycles. The fourth-order valence-electron chi connectivity index (χ4n) is 2.86. The zero-order chi connectivity index (χ0) is 17.9. The second-order valence-electron chi connectivity index (χ2n) is 5.83. The Morgan fingerprint density at radius 2 is 1.77 bits per heavy atom. The van der Waals surface area contributed by atoms with Crippen LogP contribution >= 0.6 is 11.3 Å². The predicted molar refractivity (Wildman–Crippen MR) is 105 cm³/mol. The highest BCUT2D eigenvalue weighted by Crippen LogP contribution is 2.27. The highest BCUT2D eigenvalue weighted by Gasteiger charge is 2.08. The van der Waals surface area contributed by atoms with Crippen LogP contribution in [0.4, 0.5) is 10.8 Å². The zero-order valence-corrected chi connectivity index (χ0v) is 14.6. The molecular formula is C20H15N3O2S. The summed E-state index contributed by atoms with van der Waals surface area (Å²) in [6.07, 6.45) is 0. The Bertz CT molecular complexity index is 1070. The van der Waals surface area contributed by atoms with Crippen LogP contribution in [0.1, 0.15) is 5.56 Å². The normalized spacial score (nSPS) is 10.8. The van der Waals surface area contributed by atoms with Gasteiger partial charge >= 0.3 is 0 Å². The first kappa shape index (κ1) is 16.2. The summed E-state index contributed by atoms with van der Waals surface area (Å²) < 4.78 is 0. The number of aromatic nitrogens is 1. The van der Waals surface area contributed by atoms with Gasteiger partial charge in [-0.2, -0.15) is 0 Å². The SMILES string of the molecule is O=[N+]([O-])c1ccc(-c2csc(NCc3cccc4ccccc34)n2)cc1. The topological polar surface area (TPSA) is 68.1 Å². The quantitative estimate of drug-likeness (QED) is 0.377. The molecule has 0 spiro atoms. The average molecular weight is 361 g/mol. The van der Waals surface area contributed by atoms with Gasteiger partial charge in [0.2, 0.25) is 0 Å². The highest BCUT2D eigenvalue weighted by atomic mass is 32.1. The van der Waals surface area contributed by atoms with Crippen molar-refractivity contribution in [3.63, 3.8) is 0 Å². The molecule has 0 aliphatic carbocycles. The maximum atomic E-state index is 10.7. The van der Waals surface area contributed by atoms with Gasteiger partial charge in [0, 0.05) is 29.6 Å². The van der Waals surface area contributed by atoms with E-state index >= 15 is 0 Å². The molecule has 0 bridgehead atoms. The molecule has 0 atom stereocenters. The van der Waals surface area contributed by atoms with Crippen LogP contribution < -0.4 is 5.32 Å². The minimum Gasteiger partial charge on any atom is -0.357 e. The molecule has 0 fully saturated rings. The number of anilines is 1. The number of rotatable bonds is 5. The van der Waals surface area contributed by atoms with E-state index in [1.165, 1.54) is 39.8 Å². The molecule has 1 N–H and O–H groups in total. The van der Waals surface area contributed by atoms with Crippen molar-refractivity contribution < 1.29 is 4.92 Å². The van der Waals surface area contributed by atoms with Crippen LogP contribution in [0.3, 0.4) is 0 Å². The molecular weight excluding hydrogens is 346 g/mol. The number of nitro benzene ring substituents is 1. The Kier molecular flexibility index (Phi) is 4.33. The van der Waals surface area contributed by atoms with Crippen molar-refractivity contribution in [3.8, 4) is 11.3 Å². The van der Waals surface area contributed by atoms with Crippen LogP contribution in [0.15, 0.2) is 72.1 Å². The largest absolute Gasteiger partial charge is 0.357 e. The van der Waals surface area contributed by atoms with E-state index in [0.717, 1.165) is 16.4 Å². The summed E-state index contributed by atoms with van der Waals surface area (Å²) in [4.78, 5) is 14.9. The molecule has 0 aliphatic rings. The van der Waals surface area contributed by atoms with Crippen molar-refractivity contribution in [3.05, 3.63) is 87.8 Å². The van der Waals surface area contributed by atoms with Gasteiger partial charge in [0.15, 0.2) is 5.13 Å². The summed E-state index contributed by atoms with van der Waals surface area (Å²) in [7, 11) is 0. The molecule has 0 unspecified atom stereocenters. The van der Waals surface area contributed by atoms with Crippen molar-refractivity contribution in [2.75, 3.05) is 5.32 Å². The van der Waals surface area contributed by atoms with E-state index in [2.05, 4.69) is 40.6 Å². The zero-order valence-electron chi connectivity index (χ0n) is 13.8. The van der Waals surface area contributed by atoms with Crippen LogP contribution in [0, 0.1) is 10.1 Å². The molecule has 0 saturated carbocycles. The maximum Gasteiger partial charge on any atom is 0.269 e. The monoisotopic (exact) mass is 361 g/mol. The van der Waals surface area contributed by atoms with Crippen molar-refractivity contribution in [2.45, 2.75) is 6.54 Å². The third kappa shape index (κ3) is 3.27. The number of non-ortho nitro benzene ring substituents is 1. The lowest BCUT2D eigenvalue weighted by atomic mass is 10.0. The minimum absolute atomic E-state index is 0.0817. The first-order chi connectivity index (χ1) is 12.7. The smallest absolute Gasteiger partial charge is 0.269 e. The molecule has 128 valence electrons. The lowest BCUT2D eigenvalue weighted by molar-refractivity contribution is -0.384. The van der Waals surface area contributed by atoms with Gasteiger partial charge in [0.05, 0.1) is 10.6 Å².